The normalized spacial score (nSPS) is 18.0. The highest BCUT2D eigenvalue weighted by molar-refractivity contribution is 8.14. The van der Waals surface area contributed by atoms with E-state index in [0.29, 0.717) is 37.5 Å². The van der Waals surface area contributed by atoms with E-state index >= 15 is 0 Å². The molecule has 0 spiro atoms. The summed E-state index contributed by atoms with van der Waals surface area (Å²) in [6.45, 7) is 7.20. The van der Waals surface area contributed by atoms with Crippen molar-refractivity contribution in [2.75, 3.05) is 45.9 Å². The van der Waals surface area contributed by atoms with Crippen LogP contribution in [-0.4, -0.2) is 65.8 Å². The van der Waals surface area contributed by atoms with E-state index in [-0.39, 0.29) is 17.0 Å². The summed E-state index contributed by atoms with van der Waals surface area (Å²) < 4.78 is 44.4. The molecule has 0 aliphatic carbocycles. The van der Waals surface area contributed by atoms with Crippen molar-refractivity contribution in [3.05, 3.63) is 33.4 Å². The van der Waals surface area contributed by atoms with Crippen molar-refractivity contribution < 1.29 is 22.8 Å². The lowest BCUT2D eigenvalue weighted by molar-refractivity contribution is -0.388. The van der Waals surface area contributed by atoms with Crippen LogP contribution in [0, 0.1) is 10.1 Å². The van der Waals surface area contributed by atoms with Crippen LogP contribution in [0.3, 0.4) is 0 Å². The number of nitro groups is 1. The number of nitrogens with zero attached hydrogens (tertiary/aromatic N) is 4. The van der Waals surface area contributed by atoms with Gasteiger partial charge in [-0.15, -0.1) is 0 Å². The predicted octanol–water partition coefficient (Wildman–Crippen LogP) is 3.23. The highest BCUT2D eigenvalue weighted by Crippen LogP contribution is 2.42. The van der Waals surface area contributed by atoms with Crippen LogP contribution in [0.15, 0.2) is 22.0 Å². The second-order valence-electron chi connectivity index (χ2n) is 6.46. The van der Waals surface area contributed by atoms with Crippen molar-refractivity contribution in [1.29, 1.82) is 0 Å². The molecule has 0 radical (unpaired) electrons. The molecular weight excluding hydrogens is 397 g/mol. The zero-order valence-electron chi connectivity index (χ0n) is 15.4. The first-order chi connectivity index (χ1) is 13.3. The maximum absolute atomic E-state index is 13.0. The predicted molar refractivity (Wildman–Crippen MR) is 99.6 cm³/mol. The largest absolute Gasteiger partial charge is 0.416 e. The molecule has 28 heavy (non-hydrogen) atoms. The molecule has 2 heterocycles. The Morgan fingerprint density at radius 1 is 1.29 bits per heavy atom. The third kappa shape index (κ3) is 4.76. The molecule has 0 bridgehead atoms. The van der Waals surface area contributed by atoms with Crippen LogP contribution < -0.4 is 0 Å². The fourth-order valence-corrected chi connectivity index (χ4v) is 4.26. The molecule has 2 aliphatic heterocycles. The molecule has 3 rings (SSSR count). The van der Waals surface area contributed by atoms with Crippen LogP contribution in [-0.2, 0) is 17.5 Å². The minimum atomic E-state index is -4.63. The molecule has 7 nitrogen and oxygen atoms in total. The van der Waals surface area contributed by atoms with Gasteiger partial charge in [-0.25, -0.2) is 0 Å². The van der Waals surface area contributed by atoms with E-state index in [0.717, 1.165) is 37.5 Å². The first-order valence-corrected chi connectivity index (χ1v) is 9.77. The molecule has 0 atom stereocenters. The number of benzene rings is 1. The number of alkyl halides is 3. The summed E-state index contributed by atoms with van der Waals surface area (Å²) in [4.78, 5) is 19.5. The summed E-state index contributed by atoms with van der Waals surface area (Å²) in [7, 11) is 0. The minimum Gasteiger partial charge on any atom is -0.380 e. The molecule has 0 amide bonds. The molecule has 1 aromatic rings. The average molecular weight is 418 g/mol. The average Bonchev–Trinajstić information content (AvgIpc) is 2.66. The first-order valence-electron chi connectivity index (χ1n) is 8.95. The molecule has 0 unspecified atom stereocenters. The molecule has 1 aromatic carbocycles. The van der Waals surface area contributed by atoms with Gasteiger partial charge in [-0.1, -0.05) is 0 Å². The molecule has 1 fully saturated rings. The van der Waals surface area contributed by atoms with Crippen LogP contribution >= 0.6 is 11.8 Å². The summed E-state index contributed by atoms with van der Waals surface area (Å²) in [6.07, 6.45) is -4.63. The topological polar surface area (TPSA) is 71.2 Å². The Hall–Kier alpha value is -1.85. The van der Waals surface area contributed by atoms with Gasteiger partial charge in [0.15, 0.2) is 5.17 Å². The van der Waals surface area contributed by atoms with Gasteiger partial charge >= 0.3 is 6.18 Å². The Kier molecular flexibility index (Phi) is 6.46. The van der Waals surface area contributed by atoms with Crippen molar-refractivity contribution in [3.63, 3.8) is 0 Å². The molecule has 0 saturated carbocycles. The van der Waals surface area contributed by atoms with E-state index in [1.807, 2.05) is 11.8 Å². The zero-order valence-corrected chi connectivity index (χ0v) is 16.2. The SMILES string of the molecule is CCOCCN1CCN(C2=NCc3cc(C(F)(F)F)cc([N+](=O)[O-])c3S2)CC1. The molecule has 2 aliphatic rings. The van der Waals surface area contributed by atoms with Gasteiger partial charge in [0.25, 0.3) is 5.69 Å². The van der Waals surface area contributed by atoms with Crippen LogP contribution in [0.25, 0.3) is 0 Å². The Bertz CT molecular complexity index is 765. The monoisotopic (exact) mass is 418 g/mol. The number of halogens is 3. The first kappa shape index (κ1) is 20.9. The highest BCUT2D eigenvalue weighted by atomic mass is 32.2. The number of rotatable bonds is 5. The van der Waals surface area contributed by atoms with Crippen LogP contribution in [0.5, 0.6) is 0 Å². The number of aliphatic imine (C=N–C) groups is 1. The van der Waals surface area contributed by atoms with E-state index in [4.69, 9.17) is 4.74 Å². The third-order valence-corrected chi connectivity index (χ3v) is 5.89. The maximum atomic E-state index is 13.0. The van der Waals surface area contributed by atoms with Crippen LogP contribution in [0.2, 0.25) is 0 Å². The number of thioether (sulfide) groups is 1. The lowest BCUT2D eigenvalue weighted by Gasteiger charge is -2.36. The smallest absolute Gasteiger partial charge is 0.380 e. The van der Waals surface area contributed by atoms with Gasteiger partial charge in [0.1, 0.15) is 0 Å². The number of hydrogen-bond acceptors (Lipinski definition) is 7. The van der Waals surface area contributed by atoms with Crippen LogP contribution in [0.1, 0.15) is 18.1 Å². The van der Waals surface area contributed by atoms with E-state index < -0.39 is 22.4 Å². The third-order valence-electron chi connectivity index (χ3n) is 4.65. The lowest BCUT2D eigenvalue weighted by atomic mass is 10.1. The molecule has 11 heteroatoms. The molecule has 154 valence electrons. The van der Waals surface area contributed by atoms with Gasteiger partial charge in [-0.2, -0.15) is 13.2 Å². The van der Waals surface area contributed by atoms with Gasteiger partial charge in [-0.3, -0.25) is 20.0 Å². The summed E-state index contributed by atoms with van der Waals surface area (Å²) in [6, 6.07) is 1.57. The molecular formula is C17H21F3N4O3S. The number of hydrogen-bond donors (Lipinski definition) is 0. The molecule has 0 aromatic heterocycles. The summed E-state index contributed by atoms with van der Waals surface area (Å²) >= 11 is 1.08. The Morgan fingerprint density at radius 2 is 2.00 bits per heavy atom. The van der Waals surface area contributed by atoms with Crippen molar-refractivity contribution in [1.82, 2.24) is 9.80 Å². The quantitative estimate of drug-likeness (QED) is 0.415. The highest BCUT2D eigenvalue weighted by Gasteiger charge is 2.36. The summed E-state index contributed by atoms with van der Waals surface area (Å²) in [5, 5.41) is 12.0. The number of piperazine rings is 1. The number of ether oxygens (including phenoxy) is 1. The van der Waals surface area contributed by atoms with E-state index in [9.17, 15) is 23.3 Å². The zero-order chi connectivity index (χ0) is 20.3. The van der Waals surface area contributed by atoms with Gasteiger partial charge in [0, 0.05) is 45.4 Å². The fourth-order valence-electron chi connectivity index (χ4n) is 3.15. The van der Waals surface area contributed by atoms with Crippen molar-refractivity contribution >= 4 is 22.6 Å². The standard InChI is InChI=1S/C17H21F3N4O3S/c1-2-27-8-7-22-3-5-23(6-4-22)16-21-11-12-9-13(17(18,19)20)10-14(24(25)26)15(12)28-16/h9-10H,2-8,11H2,1H3. The van der Waals surface area contributed by atoms with Gasteiger partial charge in [0.2, 0.25) is 0 Å². The Morgan fingerprint density at radius 3 is 2.61 bits per heavy atom. The summed E-state index contributed by atoms with van der Waals surface area (Å²) in [5.41, 5.74) is -1.29. The van der Waals surface area contributed by atoms with E-state index in [1.165, 1.54) is 0 Å². The van der Waals surface area contributed by atoms with Crippen LogP contribution in [0.4, 0.5) is 18.9 Å². The second kappa shape index (κ2) is 8.66. The number of amidine groups is 1. The van der Waals surface area contributed by atoms with Crippen molar-refractivity contribution in [2.45, 2.75) is 24.5 Å². The molecule has 0 N–H and O–H groups in total. The Balaban J connectivity index is 1.71. The second-order valence-corrected chi connectivity index (χ2v) is 7.44. The number of fused-ring (bicyclic) bond motifs is 1. The molecule has 1 saturated heterocycles. The van der Waals surface area contributed by atoms with E-state index in [1.54, 1.807) is 0 Å². The Labute approximate surface area is 164 Å². The van der Waals surface area contributed by atoms with Gasteiger partial charge in [0.05, 0.1) is 28.5 Å². The van der Waals surface area contributed by atoms with E-state index in [2.05, 4.69) is 9.89 Å². The number of nitro benzene ring substituents is 1. The maximum Gasteiger partial charge on any atom is 0.416 e. The summed E-state index contributed by atoms with van der Waals surface area (Å²) in [5.74, 6) is 0. The van der Waals surface area contributed by atoms with Gasteiger partial charge in [-0.05, 0) is 30.3 Å². The van der Waals surface area contributed by atoms with Gasteiger partial charge < -0.3 is 9.64 Å². The minimum absolute atomic E-state index is 0.00693. The van der Waals surface area contributed by atoms with Crippen molar-refractivity contribution in [3.8, 4) is 0 Å². The lowest BCUT2D eigenvalue weighted by Crippen LogP contribution is -2.49. The van der Waals surface area contributed by atoms with Crippen molar-refractivity contribution in [2.24, 2.45) is 4.99 Å². The fraction of sp³-hybridized carbons (Fsp3) is 0.588.